The van der Waals surface area contributed by atoms with Crippen molar-refractivity contribution >= 4 is 43.6 Å². The van der Waals surface area contributed by atoms with Gasteiger partial charge in [-0.25, -0.2) is 9.97 Å². The number of hydrogen-bond acceptors (Lipinski definition) is 2. The van der Waals surface area contributed by atoms with Gasteiger partial charge in [0.25, 0.3) is 0 Å². The molecule has 0 saturated heterocycles. The standard InChI is InChI=1S/C46H30N4/c1-3-12-31(13-4-1)33-14-11-15-35(28-33)45-39-19-7-9-20-41(39)47-46(48-45)32-22-24-37(25-23-32)50-42-21-10-8-18-38(42)40-29-34-26-27-49(43(34)30-44(40)50)36-16-5-2-6-17-36/h1-30H. The molecular weight excluding hydrogens is 609 g/mol. The van der Waals surface area contributed by atoms with E-state index in [0.717, 1.165) is 44.7 Å². The van der Waals surface area contributed by atoms with Crippen molar-refractivity contribution in [1.29, 1.82) is 0 Å². The number of benzene rings is 7. The normalized spacial score (nSPS) is 11.6. The summed E-state index contributed by atoms with van der Waals surface area (Å²) in [4.78, 5) is 10.3. The summed E-state index contributed by atoms with van der Waals surface area (Å²) in [7, 11) is 0. The van der Waals surface area contributed by atoms with E-state index in [1.54, 1.807) is 0 Å². The first-order valence-electron chi connectivity index (χ1n) is 16.9. The van der Waals surface area contributed by atoms with Gasteiger partial charge in [0.1, 0.15) is 0 Å². The summed E-state index contributed by atoms with van der Waals surface area (Å²) < 4.78 is 4.64. The van der Waals surface area contributed by atoms with Crippen molar-refractivity contribution in [3.63, 3.8) is 0 Å². The molecule has 4 heteroatoms. The highest BCUT2D eigenvalue weighted by atomic mass is 15.0. The molecule has 0 radical (unpaired) electrons. The predicted octanol–water partition coefficient (Wildman–Crippen LogP) is 11.7. The van der Waals surface area contributed by atoms with E-state index in [2.05, 4.69) is 179 Å². The molecule has 0 aliphatic carbocycles. The fourth-order valence-electron chi connectivity index (χ4n) is 7.35. The lowest BCUT2D eigenvalue weighted by Crippen LogP contribution is -1.97. The first-order valence-corrected chi connectivity index (χ1v) is 16.9. The molecule has 0 fully saturated rings. The lowest BCUT2D eigenvalue weighted by molar-refractivity contribution is 1.12. The van der Waals surface area contributed by atoms with Crippen LogP contribution in [0, 0.1) is 0 Å². The summed E-state index contributed by atoms with van der Waals surface area (Å²) >= 11 is 0. The summed E-state index contributed by atoms with van der Waals surface area (Å²) in [6, 6.07) is 62.1. The van der Waals surface area contributed by atoms with Crippen molar-refractivity contribution in [2.75, 3.05) is 0 Å². The predicted molar refractivity (Wildman–Crippen MR) is 207 cm³/mol. The molecule has 4 nitrogen and oxygen atoms in total. The lowest BCUT2D eigenvalue weighted by atomic mass is 9.99. The number of aromatic nitrogens is 4. The topological polar surface area (TPSA) is 35.6 Å². The van der Waals surface area contributed by atoms with Gasteiger partial charge in [-0.1, -0.05) is 103 Å². The average Bonchev–Trinajstić information content (AvgIpc) is 3.76. The van der Waals surface area contributed by atoms with Gasteiger partial charge in [-0.2, -0.15) is 0 Å². The monoisotopic (exact) mass is 638 g/mol. The van der Waals surface area contributed by atoms with Gasteiger partial charge in [-0.15, -0.1) is 0 Å². The largest absolute Gasteiger partial charge is 0.316 e. The minimum Gasteiger partial charge on any atom is -0.316 e. The number of rotatable bonds is 5. The van der Waals surface area contributed by atoms with Crippen molar-refractivity contribution in [2.24, 2.45) is 0 Å². The van der Waals surface area contributed by atoms with Gasteiger partial charge in [0.2, 0.25) is 0 Å². The van der Waals surface area contributed by atoms with Crippen molar-refractivity contribution in [2.45, 2.75) is 0 Å². The molecule has 0 aliphatic rings. The Balaban J connectivity index is 1.11. The van der Waals surface area contributed by atoms with Crippen molar-refractivity contribution in [1.82, 2.24) is 19.1 Å². The first-order chi connectivity index (χ1) is 24.8. The number of hydrogen-bond donors (Lipinski definition) is 0. The molecule has 10 aromatic rings. The second kappa shape index (κ2) is 11.4. The zero-order chi connectivity index (χ0) is 33.0. The Hall–Kier alpha value is -6.78. The molecule has 0 atom stereocenters. The Morgan fingerprint density at radius 1 is 0.380 bits per heavy atom. The molecular formula is C46H30N4. The quantitative estimate of drug-likeness (QED) is 0.188. The van der Waals surface area contributed by atoms with Crippen LogP contribution in [0.2, 0.25) is 0 Å². The molecule has 234 valence electrons. The van der Waals surface area contributed by atoms with E-state index in [1.807, 2.05) is 12.1 Å². The third-order valence-corrected chi connectivity index (χ3v) is 9.75. The van der Waals surface area contributed by atoms with Gasteiger partial charge in [0.05, 0.1) is 27.8 Å². The fourth-order valence-corrected chi connectivity index (χ4v) is 7.35. The molecule has 3 heterocycles. The molecule has 0 saturated carbocycles. The number of nitrogens with zero attached hydrogens (tertiary/aromatic N) is 4. The Bertz CT molecular complexity index is 2850. The summed E-state index contributed by atoms with van der Waals surface area (Å²) in [6.07, 6.45) is 2.16. The first kappa shape index (κ1) is 28.3. The summed E-state index contributed by atoms with van der Waals surface area (Å²) in [5, 5.41) is 4.73. The van der Waals surface area contributed by atoms with E-state index in [0.29, 0.717) is 5.82 Å². The average molecular weight is 639 g/mol. The minimum atomic E-state index is 0.708. The lowest BCUT2D eigenvalue weighted by Gasteiger charge is -2.12. The van der Waals surface area contributed by atoms with Crippen LogP contribution in [-0.4, -0.2) is 19.1 Å². The van der Waals surface area contributed by atoms with Crippen LogP contribution in [-0.2, 0) is 0 Å². The van der Waals surface area contributed by atoms with Crippen LogP contribution in [0.3, 0.4) is 0 Å². The highest BCUT2D eigenvalue weighted by molar-refractivity contribution is 6.13. The maximum absolute atomic E-state index is 5.21. The van der Waals surface area contributed by atoms with Crippen LogP contribution in [0.5, 0.6) is 0 Å². The van der Waals surface area contributed by atoms with Crippen LogP contribution >= 0.6 is 0 Å². The Morgan fingerprint density at radius 2 is 1.08 bits per heavy atom. The molecule has 0 bridgehead atoms. The molecule has 0 aliphatic heterocycles. The van der Waals surface area contributed by atoms with E-state index in [-0.39, 0.29) is 0 Å². The van der Waals surface area contributed by atoms with E-state index in [4.69, 9.17) is 9.97 Å². The Morgan fingerprint density at radius 3 is 1.92 bits per heavy atom. The zero-order valence-electron chi connectivity index (χ0n) is 27.1. The zero-order valence-corrected chi connectivity index (χ0v) is 27.1. The van der Waals surface area contributed by atoms with Crippen LogP contribution in [0.25, 0.3) is 88.8 Å². The third-order valence-electron chi connectivity index (χ3n) is 9.75. The Kier molecular flexibility index (Phi) is 6.46. The second-order valence-electron chi connectivity index (χ2n) is 12.7. The van der Waals surface area contributed by atoms with Crippen LogP contribution in [0.4, 0.5) is 0 Å². The molecule has 7 aromatic carbocycles. The summed E-state index contributed by atoms with van der Waals surface area (Å²) in [5.74, 6) is 0.708. The summed E-state index contributed by atoms with van der Waals surface area (Å²) in [6.45, 7) is 0. The van der Waals surface area contributed by atoms with E-state index in [9.17, 15) is 0 Å². The van der Waals surface area contributed by atoms with Crippen molar-refractivity contribution < 1.29 is 0 Å². The van der Waals surface area contributed by atoms with E-state index in [1.165, 1.54) is 38.3 Å². The van der Waals surface area contributed by atoms with Gasteiger partial charge < -0.3 is 9.13 Å². The highest BCUT2D eigenvalue weighted by Gasteiger charge is 2.16. The molecule has 0 unspecified atom stereocenters. The van der Waals surface area contributed by atoms with Crippen LogP contribution in [0.1, 0.15) is 0 Å². The van der Waals surface area contributed by atoms with Crippen LogP contribution < -0.4 is 0 Å². The number of fused-ring (bicyclic) bond motifs is 5. The van der Waals surface area contributed by atoms with Crippen LogP contribution in [0.15, 0.2) is 182 Å². The molecule has 50 heavy (non-hydrogen) atoms. The number of para-hydroxylation sites is 3. The van der Waals surface area contributed by atoms with Gasteiger partial charge >= 0.3 is 0 Å². The summed E-state index contributed by atoms with van der Waals surface area (Å²) in [5.41, 5.74) is 12.0. The third kappa shape index (κ3) is 4.61. The van der Waals surface area contributed by atoms with Gasteiger partial charge in [0.15, 0.2) is 5.82 Å². The maximum atomic E-state index is 5.21. The SMILES string of the molecule is c1ccc(-c2cccc(-c3nc(-c4ccc(-n5c6ccccc6c6cc7ccn(-c8ccccc8)c7cc65)cc4)nc4ccccc34)c2)cc1. The van der Waals surface area contributed by atoms with Gasteiger partial charge in [0, 0.05) is 50.2 Å². The fraction of sp³-hybridized carbons (Fsp3) is 0. The molecule has 0 N–H and O–H groups in total. The molecule has 0 spiro atoms. The second-order valence-corrected chi connectivity index (χ2v) is 12.7. The van der Waals surface area contributed by atoms with Gasteiger partial charge in [-0.05, 0) is 83.9 Å². The minimum absolute atomic E-state index is 0.708. The van der Waals surface area contributed by atoms with Crippen molar-refractivity contribution in [3.05, 3.63) is 182 Å². The van der Waals surface area contributed by atoms with Crippen molar-refractivity contribution in [3.8, 4) is 45.1 Å². The van der Waals surface area contributed by atoms with E-state index >= 15 is 0 Å². The Labute approximate surface area is 289 Å². The van der Waals surface area contributed by atoms with Gasteiger partial charge in [-0.3, -0.25) is 0 Å². The molecule has 10 rings (SSSR count). The van der Waals surface area contributed by atoms with E-state index < -0.39 is 0 Å². The maximum Gasteiger partial charge on any atom is 0.160 e. The molecule has 3 aromatic heterocycles. The molecule has 0 amide bonds. The smallest absolute Gasteiger partial charge is 0.160 e. The highest BCUT2D eigenvalue weighted by Crippen LogP contribution is 2.37.